The maximum absolute atomic E-state index is 12.0. The van der Waals surface area contributed by atoms with Gasteiger partial charge in [-0.05, 0) is 49.9 Å². The lowest BCUT2D eigenvalue weighted by atomic mass is 10.2. The van der Waals surface area contributed by atoms with E-state index in [1.807, 2.05) is 0 Å². The third-order valence-electron chi connectivity index (χ3n) is 3.68. The summed E-state index contributed by atoms with van der Waals surface area (Å²) in [7, 11) is -3.52. The van der Waals surface area contributed by atoms with Crippen LogP contribution in [0.5, 0.6) is 0 Å². The van der Waals surface area contributed by atoms with Gasteiger partial charge >= 0.3 is 0 Å². The van der Waals surface area contributed by atoms with E-state index in [9.17, 15) is 18.0 Å². The number of amides is 2. The zero-order valence-electron chi connectivity index (χ0n) is 12.5. The minimum atomic E-state index is -3.52. The molecule has 2 aliphatic carbocycles. The lowest BCUT2D eigenvalue weighted by Crippen LogP contribution is -2.37. The molecule has 0 atom stereocenters. The minimum absolute atomic E-state index is 0.0351. The second-order valence-electron chi connectivity index (χ2n) is 5.94. The normalized spacial score (nSPS) is 17.6. The molecule has 8 heteroatoms. The maximum Gasteiger partial charge on any atom is 0.251 e. The highest BCUT2D eigenvalue weighted by Gasteiger charge is 2.28. The second-order valence-corrected chi connectivity index (χ2v) is 7.66. The van der Waals surface area contributed by atoms with Gasteiger partial charge in [0.15, 0.2) is 0 Å². The van der Waals surface area contributed by atoms with E-state index in [0.717, 1.165) is 25.7 Å². The fourth-order valence-corrected chi connectivity index (χ4v) is 3.35. The number of benzene rings is 1. The van der Waals surface area contributed by atoms with Gasteiger partial charge in [-0.15, -0.1) is 0 Å². The Kier molecular flexibility index (Phi) is 4.36. The molecule has 7 nitrogen and oxygen atoms in total. The average Bonchev–Trinajstić information content (AvgIpc) is 3.42. The van der Waals surface area contributed by atoms with Crippen molar-refractivity contribution >= 4 is 21.8 Å². The zero-order valence-corrected chi connectivity index (χ0v) is 13.4. The molecule has 0 bridgehead atoms. The molecule has 0 spiro atoms. The lowest BCUT2D eigenvalue weighted by Gasteiger charge is -2.08. The molecule has 124 valence electrons. The SMILES string of the molecule is O=C(CNC(=O)c1ccc(S(=O)(=O)NC2CC2)cc1)NC1CC1. The number of rotatable bonds is 7. The zero-order chi connectivity index (χ0) is 16.4. The van der Waals surface area contributed by atoms with E-state index in [4.69, 9.17) is 0 Å². The van der Waals surface area contributed by atoms with Crippen molar-refractivity contribution < 1.29 is 18.0 Å². The standard InChI is InChI=1S/C15H19N3O4S/c19-14(17-11-3-4-11)9-16-15(20)10-1-7-13(8-2-10)23(21,22)18-12-5-6-12/h1-2,7-8,11-12,18H,3-6,9H2,(H,16,20)(H,17,19). The Morgan fingerprint density at radius 3 is 2.17 bits per heavy atom. The second kappa shape index (κ2) is 6.29. The first-order chi connectivity index (χ1) is 10.9. The molecule has 2 aliphatic rings. The Bertz CT molecular complexity index is 707. The van der Waals surface area contributed by atoms with Gasteiger partial charge in [0, 0.05) is 17.6 Å². The molecule has 1 aromatic carbocycles. The van der Waals surface area contributed by atoms with E-state index in [1.165, 1.54) is 24.3 Å². The third-order valence-corrected chi connectivity index (χ3v) is 5.21. The number of carbonyl (C=O) groups excluding carboxylic acids is 2. The lowest BCUT2D eigenvalue weighted by molar-refractivity contribution is -0.120. The van der Waals surface area contributed by atoms with Gasteiger partial charge in [0.25, 0.3) is 5.91 Å². The van der Waals surface area contributed by atoms with Crippen molar-refractivity contribution in [1.29, 1.82) is 0 Å². The van der Waals surface area contributed by atoms with Crippen LogP contribution in [0.4, 0.5) is 0 Å². The van der Waals surface area contributed by atoms with E-state index < -0.39 is 15.9 Å². The van der Waals surface area contributed by atoms with Crippen molar-refractivity contribution in [3.8, 4) is 0 Å². The molecule has 0 aliphatic heterocycles. The summed E-state index contributed by atoms with van der Waals surface area (Å²) in [6.45, 7) is -0.0847. The molecule has 3 N–H and O–H groups in total. The van der Waals surface area contributed by atoms with Crippen LogP contribution in [0.15, 0.2) is 29.2 Å². The first-order valence-corrected chi connectivity index (χ1v) is 9.12. The minimum Gasteiger partial charge on any atom is -0.352 e. The van der Waals surface area contributed by atoms with Crippen LogP contribution in [0.1, 0.15) is 36.0 Å². The van der Waals surface area contributed by atoms with Crippen LogP contribution >= 0.6 is 0 Å². The first-order valence-electron chi connectivity index (χ1n) is 7.64. The van der Waals surface area contributed by atoms with Crippen LogP contribution in [0, 0.1) is 0 Å². The van der Waals surface area contributed by atoms with Gasteiger partial charge in [-0.3, -0.25) is 9.59 Å². The quantitative estimate of drug-likeness (QED) is 0.658. The molecule has 2 fully saturated rings. The van der Waals surface area contributed by atoms with Gasteiger partial charge < -0.3 is 10.6 Å². The summed E-state index contributed by atoms with van der Waals surface area (Å²) >= 11 is 0. The highest BCUT2D eigenvalue weighted by Crippen LogP contribution is 2.22. The van der Waals surface area contributed by atoms with Gasteiger partial charge in [0.05, 0.1) is 11.4 Å². The smallest absolute Gasteiger partial charge is 0.251 e. The Labute approximate surface area is 134 Å². The van der Waals surface area contributed by atoms with Gasteiger partial charge in [-0.25, -0.2) is 13.1 Å². The third kappa shape index (κ3) is 4.52. The van der Waals surface area contributed by atoms with Gasteiger partial charge in [0.1, 0.15) is 0 Å². The van der Waals surface area contributed by atoms with Crippen LogP contribution in [-0.2, 0) is 14.8 Å². The van der Waals surface area contributed by atoms with Crippen LogP contribution in [0.2, 0.25) is 0 Å². The van der Waals surface area contributed by atoms with Crippen LogP contribution in [0.3, 0.4) is 0 Å². The van der Waals surface area contributed by atoms with Gasteiger partial charge in [-0.1, -0.05) is 0 Å². The molecular weight excluding hydrogens is 318 g/mol. The fraction of sp³-hybridized carbons (Fsp3) is 0.467. The molecule has 0 unspecified atom stereocenters. The Hall–Kier alpha value is -1.93. The van der Waals surface area contributed by atoms with Crippen molar-refractivity contribution in [2.45, 2.75) is 42.7 Å². The van der Waals surface area contributed by atoms with E-state index in [0.29, 0.717) is 5.56 Å². The van der Waals surface area contributed by atoms with Crippen molar-refractivity contribution in [3.05, 3.63) is 29.8 Å². The molecule has 3 rings (SSSR count). The summed E-state index contributed by atoms with van der Waals surface area (Å²) in [6.07, 6.45) is 3.71. The summed E-state index contributed by atoms with van der Waals surface area (Å²) in [5.41, 5.74) is 0.314. The van der Waals surface area contributed by atoms with Crippen molar-refractivity contribution in [1.82, 2.24) is 15.4 Å². The van der Waals surface area contributed by atoms with E-state index in [-0.39, 0.29) is 29.4 Å². The van der Waals surface area contributed by atoms with Crippen LogP contribution in [0.25, 0.3) is 0 Å². The Morgan fingerprint density at radius 1 is 1.00 bits per heavy atom. The number of nitrogens with one attached hydrogen (secondary N) is 3. The van der Waals surface area contributed by atoms with Crippen molar-refractivity contribution in [2.24, 2.45) is 0 Å². The molecule has 0 aromatic heterocycles. The average molecular weight is 337 g/mol. The molecule has 2 amide bonds. The monoisotopic (exact) mass is 337 g/mol. The largest absolute Gasteiger partial charge is 0.352 e. The summed E-state index contributed by atoms with van der Waals surface area (Å²) in [4.78, 5) is 23.6. The number of sulfonamides is 1. The maximum atomic E-state index is 12.0. The summed E-state index contributed by atoms with van der Waals surface area (Å²) in [5, 5.41) is 5.29. The van der Waals surface area contributed by atoms with Crippen LogP contribution in [-0.4, -0.2) is 38.9 Å². The summed E-state index contributed by atoms with van der Waals surface area (Å²) in [5.74, 6) is -0.622. The predicted molar refractivity (Wildman–Crippen MR) is 83.3 cm³/mol. The van der Waals surface area contributed by atoms with Gasteiger partial charge in [-0.2, -0.15) is 0 Å². The molecule has 0 heterocycles. The first kappa shape index (κ1) is 15.9. The van der Waals surface area contributed by atoms with E-state index in [2.05, 4.69) is 15.4 Å². The Balaban J connectivity index is 1.55. The number of carbonyl (C=O) groups is 2. The van der Waals surface area contributed by atoms with E-state index in [1.54, 1.807) is 0 Å². The highest BCUT2D eigenvalue weighted by atomic mass is 32.2. The number of hydrogen-bond donors (Lipinski definition) is 3. The predicted octanol–water partition coefficient (Wildman–Crippen LogP) is 0.136. The molecule has 0 radical (unpaired) electrons. The molecule has 1 aromatic rings. The molecule has 2 saturated carbocycles. The summed E-state index contributed by atoms with van der Waals surface area (Å²) < 4.78 is 26.6. The highest BCUT2D eigenvalue weighted by molar-refractivity contribution is 7.89. The topological polar surface area (TPSA) is 104 Å². The fourth-order valence-electron chi connectivity index (χ4n) is 2.04. The summed E-state index contributed by atoms with van der Waals surface area (Å²) in [6, 6.07) is 5.95. The van der Waals surface area contributed by atoms with Gasteiger partial charge in [0.2, 0.25) is 15.9 Å². The molecular formula is C15H19N3O4S. The van der Waals surface area contributed by atoms with Crippen molar-refractivity contribution in [2.75, 3.05) is 6.54 Å². The molecule has 23 heavy (non-hydrogen) atoms. The number of hydrogen-bond acceptors (Lipinski definition) is 4. The van der Waals surface area contributed by atoms with Crippen molar-refractivity contribution in [3.63, 3.8) is 0 Å². The molecule has 0 saturated heterocycles. The Morgan fingerprint density at radius 2 is 1.61 bits per heavy atom. The van der Waals surface area contributed by atoms with E-state index >= 15 is 0 Å². The van der Waals surface area contributed by atoms with Crippen LogP contribution < -0.4 is 15.4 Å².